The minimum absolute atomic E-state index is 0.0302. The molecule has 0 aromatic heterocycles. The summed E-state index contributed by atoms with van der Waals surface area (Å²) in [5.41, 5.74) is 1.56. The number of rotatable bonds is 4. The summed E-state index contributed by atoms with van der Waals surface area (Å²) in [6.07, 6.45) is 4.06. The molecule has 20 heavy (non-hydrogen) atoms. The van der Waals surface area contributed by atoms with E-state index >= 15 is 0 Å². The number of sulfonamides is 1. The molecule has 0 heterocycles. The Balaban J connectivity index is 2.17. The molecular formula is C15H23NO3S. The SMILES string of the molecule is Cc1ccc(S(=O)(=O)NC2CCCC(C)C2)cc1CO. The Hall–Kier alpha value is -0.910. The second kappa shape index (κ2) is 6.24. The van der Waals surface area contributed by atoms with Gasteiger partial charge >= 0.3 is 0 Å². The van der Waals surface area contributed by atoms with Gasteiger partial charge in [0.1, 0.15) is 0 Å². The lowest BCUT2D eigenvalue weighted by atomic mass is 9.88. The highest BCUT2D eigenvalue weighted by atomic mass is 32.2. The smallest absolute Gasteiger partial charge is 0.240 e. The molecule has 0 saturated heterocycles. The van der Waals surface area contributed by atoms with Crippen molar-refractivity contribution >= 4 is 10.0 Å². The molecule has 2 N–H and O–H groups in total. The van der Waals surface area contributed by atoms with Gasteiger partial charge in [-0.05, 0) is 48.9 Å². The molecule has 2 rings (SSSR count). The first-order valence-corrected chi connectivity index (χ1v) is 8.63. The maximum absolute atomic E-state index is 12.4. The summed E-state index contributed by atoms with van der Waals surface area (Å²) in [6.45, 7) is 3.88. The van der Waals surface area contributed by atoms with Crippen LogP contribution in [-0.2, 0) is 16.6 Å². The van der Waals surface area contributed by atoms with Crippen molar-refractivity contribution in [1.82, 2.24) is 4.72 Å². The van der Waals surface area contributed by atoms with E-state index in [1.807, 2.05) is 6.92 Å². The van der Waals surface area contributed by atoms with E-state index in [-0.39, 0.29) is 17.5 Å². The summed E-state index contributed by atoms with van der Waals surface area (Å²) < 4.78 is 27.6. The summed E-state index contributed by atoms with van der Waals surface area (Å²) in [7, 11) is -3.49. The summed E-state index contributed by atoms with van der Waals surface area (Å²) in [5.74, 6) is 0.572. The molecule has 5 heteroatoms. The van der Waals surface area contributed by atoms with E-state index in [1.165, 1.54) is 6.42 Å². The molecule has 0 bridgehead atoms. The number of hydrogen-bond acceptors (Lipinski definition) is 3. The van der Waals surface area contributed by atoms with E-state index in [0.29, 0.717) is 11.5 Å². The third-order valence-electron chi connectivity index (χ3n) is 4.06. The van der Waals surface area contributed by atoms with Crippen LogP contribution in [-0.4, -0.2) is 19.6 Å². The average Bonchev–Trinajstić information content (AvgIpc) is 2.38. The van der Waals surface area contributed by atoms with Crippen LogP contribution in [0.1, 0.15) is 43.7 Å². The third-order valence-corrected chi connectivity index (χ3v) is 5.58. The van der Waals surface area contributed by atoms with Crippen molar-refractivity contribution in [1.29, 1.82) is 0 Å². The molecule has 0 aliphatic heterocycles. The van der Waals surface area contributed by atoms with Crippen LogP contribution in [0.15, 0.2) is 23.1 Å². The standard InChI is InChI=1S/C15H23NO3S/c1-11-4-3-5-14(8-11)16-20(18,19)15-7-6-12(2)13(9-15)10-17/h6-7,9,11,14,16-17H,3-5,8,10H2,1-2H3. The molecule has 0 radical (unpaired) electrons. The van der Waals surface area contributed by atoms with Gasteiger partial charge in [0.25, 0.3) is 0 Å². The van der Waals surface area contributed by atoms with Gasteiger partial charge in [-0.15, -0.1) is 0 Å². The molecule has 0 spiro atoms. The zero-order chi connectivity index (χ0) is 14.8. The number of benzene rings is 1. The lowest BCUT2D eigenvalue weighted by Crippen LogP contribution is -2.37. The minimum Gasteiger partial charge on any atom is -0.392 e. The van der Waals surface area contributed by atoms with Gasteiger partial charge in [0.05, 0.1) is 11.5 Å². The van der Waals surface area contributed by atoms with Crippen molar-refractivity contribution in [2.75, 3.05) is 0 Å². The van der Waals surface area contributed by atoms with Crippen LogP contribution >= 0.6 is 0 Å². The predicted octanol–water partition coefficient (Wildman–Crippen LogP) is 2.34. The Morgan fingerprint density at radius 3 is 2.75 bits per heavy atom. The van der Waals surface area contributed by atoms with Crippen molar-refractivity contribution in [2.45, 2.75) is 57.1 Å². The number of nitrogens with one attached hydrogen (secondary N) is 1. The first-order valence-electron chi connectivity index (χ1n) is 7.15. The first-order chi connectivity index (χ1) is 9.42. The fourth-order valence-corrected chi connectivity index (χ4v) is 4.15. The van der Waals surface area contributed by atoms with Gasteiger partial charge in [0, 0.05) is 6.04 Å². The van der Waals surface area contributed by atoms with E-state index in [1.54, 1.807) is 18.2 Å². The van der Waals surface area contributed by atoms with Crippen molar-refractivity contribution in [3.8, 4) is 0 Å². The molecule has 1 aliphatic carbocycles. The topological polar surface area (TPSA) is 66.4 Å². The molecule has 2 unspecified atom stereocenters. The van der Waals surface area contributed by atoms with Crippen LogP contribution < -0.4 is 4.72 Å². The van der Waals surface area contributed by atoms with E-state index in [9.17, 15) is 13.5 Å². The van der Waals surface area contributed by atoms with Crippen LogP contribution in [0.4, 0.5) is 0 Å². The summed E-state index contributed by atoms with van der Waals surface area (Å²) in [5, 5.41) is 9.25. The van der Waals surface area contributed by atoms with Crippen molar-refractivity contribution < 1.29 is 13.5 Å². The quantitative estimate of drug-likeness (QED) is 0.896. The van der Waals surface area contributed by atoms with Crippen molar-refractivity contribution in [3.63, 3.8) is 0 Å². The molecule has 112 valence electrons. The third kappa shape index (κ3) is 3.59. The minimum atomic E-state index is -3.49. The lowest BCUT2D eigenvalue weighted by molar-refractivity contribution is 0.280. The van der Waals surface area contributed by atoms with Crippen LogP contribution in [0, 0.1) is 12.8 Å². The monoisotopic (exact) mass is 297 g/mol. The van der Waals surface area contributed by atoms with Crippen LogP contribution in [0.5, 0.6) is 0 Å². The van der Waals surface area contributed by atoms with Crippen molar-refractivity contribution in [3.05, 3.63) is 29.3 Å². The van der Waals surface area contributed by atoms with Gasteiger partial charge < -0.3 is 5.11 Å². The fourth-order valence-electron chi connectivity index (χ4n) is 2.81. The lowest BCUT2D eigenvalue weighted by Gasteiger charge is -2.27. The van der Waals surface area contributed by atoms with Crippen LogP contribution in [0.25, 0.3) is 0 Å². The van der Waals surface area contributed by atoms with Crippen molar-refractivity contribution in [2.24, 2.45) is 5.92 Å². The highest BCUT2D eigenvalue weighted by Crippen LogP contribution is 2.25. The zero-order valence-electron chi connectivity index (χ0n) is 12.1. The molecule has 1 aromatic carbocycles. The largest absolute Gasteiger partial charge is 0.392 e. The number of aliphatic hydroxyl groups is 1. The van der Waals surface area contributed by atoms with Gasteiger partial charge in [-0.3, -0.25) is 0 Å². The van der Waals surface area contributed by atoms with Gasteiger partial charge in [-0.2, -0.15) is 0 Å². The normalized spacial score (nSPS) is 23.8. The maximum atomic E-state index is 12.4. The first kappa shape index (κ1) is 15.5. The Morgan fingerprint density at radius 1 is 1.35 bits per heavy atom. The molecule has 2 atom stereocenters. The number of aryl methyl sites for hydroxylation is 1. The second-order valence-corrected chi connectivity index (χ2v) is 7.55. The Morgan fingerprint density at radius 2 is 2.10 bits per heavy atom. The zero-order valence-corrected chi connectivity index (χ0v) is 12.9. The van der Waals surface area contributed by atoms with Gasteiger partial charge in [-0.25, -0.2) is 13.1 Å². The summed E-state index contributed by atoms with van der Waals surface area (Å²) in [6, 6.07) is 4.93. The molecular weight excluding hydrogens is 274 g/mol. The van der Waals surface area contributed by atoms with Crippen LogP contribution in [0.3, 0.4) is 0 Å². The number of aliphatic hydroxyl groups excluding tert-OH is 1. The summed E-state index contributed by atoms with van der Waals surface area (Å²) >= 11 is 0. The van der Waals surface area contributed by atoms with Crippen LogP contribution in [0.2, 0.25) is 0 Å². The highest BCUT2D eigenvalue weighted by molar-refractivity contribution is 7.89. The van der Waals surface area contributed by atoms with E-state index in [4.69, 9.17) is 0 Å². The predicted molar refractivity (Wildman–Crippen MR) is 78.8 cm³/mol. The second-order valence-electron chi connectivity index (χ2n) is 5.84. The van der Waals surface area contributed by atoms with E-state index in [0.717, 1.165) is 24.8 Å². The molecule has 1 aromatic rings. The molecule has 1 aliphatic rings. The Kier molecular flexibility index (Phi) is 4.83. The van der Waals surface area contributed by atoms with Gasteiger partial charge in [0.2, 0.25) is 10.0 Å². The molecule has 1 saturated carbocycles. The fraction of sp³-hybridized carbons (Fsp3) is 0.600. The Bertz CT molecular complexity index is 568. The molecule has 0 amide bonds. The number of hydrogen-bond donors (Lipinski definition) is 2. The van der Waals surface area contributed by atoms with Gasteiger partial charge in [0.15, 0.2) is 0 Å². The van der Waals surface area contributed by atoms with Gasteiger partial charge in [-0.1, -0.05) is 25.8 Å². The van der Waals surface area contributed by atoms with E-state index in [2.05, 4.69) is 11.6 Å². The van der Waals surface area contributed by atoms with E-state index < -0.39 is 10.0 Å². The molecule has 1 fully saturated rings. The summed E-state index contributed by atoms with van der Waals surface area (Å²) in [4.78, 5) is 0.241. The average molecular weight is 297 g/mol. The maximum Gasteiger partial charge on any atom is 0.240 e. The molecule has 4 nitrogen and oxygen atoms in total. The highest BCUT2D eigenvalue weighted by Gasteiger charge is 2.24. The Labute approximate surface area is 121 Å².